The van der Waals surface area contributed by atoms with Crippen LogP contribution in [0, 0.1) is 6.92 Å². The molecule has 0 saturated heterocycles. The lowest BCUT2D eigenvalue weighted by Crippen LogP contribution is -1.98. The molecule has 0 bridgehead atoms. The molecule has 5 nitrogen and oxygen atoms in total. The van der Waals surface area contributed by atoms with Gasteiger partial charge in [-0.25, -0.2) is 4.98 Å². The molecule has 3 aromatic heterocycles. The summed E-state index contributed by atoms with van der Waals surface area (Å²) < 4.78 is 1.81. The molecule has 0 spiro atoms. The van der Waals surface area contributed by atoms with Gasteiger partial charge < -0.3 is 0 Å². The number of nitrogens with one attached hydrogen (secondary N) is 1. The number of nitrogens with zero attached hydrogens (tertiary/aromatic N) is 3. The number of carbonyl (C=O) groups is 1. The monoisotopic (exact) mass is 226 g/mol. The van der Waals surface area contributed by atoms with Crippen LogP contribution in [0.25, 0.3) is 16.9 Å². The predicted molar refractivity (Wildman–Crippen MR) is 63.3 cm³/mol. The number of aromatic nitrogens is 4. The molecule has 84 valence electrons. The zero-order valence-corrected chi connectivity index (χ0v) is 9.21. The van der Waals surface area contributed by atoms with Crippen LogP contribution in [-0.2, 0) is 0 Å². The topological polar surface area (TPSA) is 63.6 Å². The van der Waals surface area contributed by atoms with Gasteiger partial charge in [-0.15, -0.1) is 0 Å². The van der Waals surface area contributed by atoms with Gasteiger partial charge in [-0.3, -0.25) is 14.5 Å². The van der Waals surface area contributed by atoms with Crippen LogP contribution in [0.1, 0.15) is 16.1 Å². The van der Waals surface area contributed by atoms with Crippen molar-refractivity contribution in [2.24, 2.45) is 0 Å². The minimum atomic E-state index is 0.563. The summed E-state index contributed by atoms with van der Waals surface area (Å²) in [5.74, 6) is 0.589. The maximum atomic E-state index is 11.0. The fourth-order valence-corrected chi connectivity index (χ4v) is 1.89. The second-order valence-corrected chi connectivity index (χ2v) is 3.81. The second-order valence-electron chi connectivity index (χ2n) is 3.81. The van der Waals surface area contributed by atoms with E-state index in [0.29, 0.717) is 11.4 Å². The highest BCUT2D eigenvalue weighted by Gasteiger charge is 2.13. The van der Waals surface area contributed by atoms with Crippen molar-refractivity contribution < 1.29 is 4.79 Å². The number of hydrogen-bond acceptors (Lipinski definition) is 3. The van der Waals surface area contributed by atoms with Crippen molar-refractivity contribution in [1.82, 2.24) is 19.7 Å². The number of H-pyrrole nitrogens is 1. The molecule has 0 unspecified atom stereocenters. The summed E-state index contributed by atoms with van der Waals surface area (Å²) in [5, 5.41) is 7.98. The fraction of sp³-hybridized carbons (Fsp3) is 0.0833. The molecule has 0 saturated carbocycles. The first kappa shape index (κ1) is 9.77. The Balaban J connectivity index is 2.31. The van der Waals surface area contributed by atoms with E-state index in [0.717, 1.165) is 23.0 Å². The van der Waals surface area contributed by atoms with Gasteiger partial charge in [0.1, 0.15) is 5.65 Å². The van der Waals surface area contributed by atoms with Gasteiger partial charge >= 0.3 is 0 Å². The Labute approximate surface area is 97.1 Å². The van der Waals surface area contributed by atoms with Crippen molar-refractivity contribution in [3.05, 3.63) is 41.9 Å². The average molecular weight is 226 g/mol. The molecule has 3 aromatic rings. The number of carbonyl (C=O) groups excluding carboxylic acids is 1. The number of aldehydes is 1. The summed E-state index contributed by atoms with van der Waals surface area (Å²) >= 11 is 0. The normalized spacial score (nSPS) is 10.9. The van der Waals surface area contributed by atoms with Crippen molar-refractivity contribution >= 4 is 17.3 Å². The SMILES string of the molecule is Cc1[nH]nc(-n2ccc3cccnc32)c1C=O. The van der Waals surface area contributed by atoms with Crippen LogP contribution < -0.4 is 0 Å². The first-order chi connectivity index (χ1) is 8.31. The fourth-order valence-electron chi connectivity index (χ4n) is 1.89. The quantitative estimate of drug-likeness (QED) is 0.678. The highest BCUT2D eigenvalue weighted by Crippen LogP contribution is 2.20. The molecule has 5 heteroatoms. The van der Waals surface area contributed by atoms with E-state index >= 15 is 0 Å². The van der Waals surface area contributed by atoms with E-state index in [-0.39, 0.29) is 0 Å². The molecule has 3 rings (SSSR count). The maximum absolute atomic E-state index is 11.0. The van der Waals surface area contributed by atoms with Crippen molar-refractivity contribution in [1.29, 1.82) is 0 Å². The predicted octanol–water partition coefficient (Wildman–Crippen LogP) is 1.87. The molecule has 0 aromatic carbocycles. The zero-order valence-electron chi connectivity index (χ0n) is 9.21. The standard InChI is InChI=1S/C12H10N4O/c1-8-10(7-17)12(15-14-8)16-6-4-9-3-2-5-13-11(9)16/h2-7H,1H3,(H,14,15). The van der Waals surface area contributed by atoms with Crippen LogP contribution in [-0.4, -0.2) is 26.0 Å². The Hall–Kier alpha value is -2.43. The lowest BCUT2D eigenvalue weighted by molar-refractivity contribution is 0.112. The summed E-state index contributed by atoms with van der Waals surface area (Å²) in [6.07, 6.45) is 4.39. The van der Waals surface area contributed by atoms with Crippen molar-refractivity contribution in [3.8, 4) is 5.82 Å². The van der Waals surface area contributed by atoms with Crippen LogP contribution >= 0.6 is 0 Å². The molecular formula is C12H10N4O. The summed E-state index contributed by atoms with van der Waals surface area (Å²) in [4.78, 5) is 15.3. The van der Waals surface area contributed by atoms with E-state index < -0.39 is 0 Å². The van der Waals surface area contributed by atoms with E-state index in [9.17, 15) is 4.79 Å². The molecule has 0 aliphatic carbocycles. The molecule has 0 radical (unpaired) electrons. The van der Waals surface area contributed by atoms with Crippen LogP contribution in [0.15, 0.2) is 30.6 Å². The molecule has 1 N–H and O–H groups in total. The number of rotatable bonds is 2. The zero-order chi connectivity index (χ0) is 11.8. The average Bonchev–Trinajstić information content (AvgIpc) is 2.92. The third-order valence-corrected chi connectivity index (χ3v) is 2.77. The van der Waals surface area contributed by atoms with Crippen LogP contribution in [0.2, 0.25) is 0 Å². The van der Waals surface area contributed by atoms with E-state index in [1.165, 1.54) is 0 Å². The van der Waals surface area contributed by atoms with Gasteiger partial charge in [0.15, 0.2) is 12.1 Å². The van der Waals surface area contributed by atoms with E-state index in [1.807, 2.05) is 35.9 Å². The van der Waals surface area contributed by atoms with Gasteiger partial charge in [-0.1, -0.05) is 0 Å². The number of hydrogen-bond donors (Lipinski definition) is 1. The highest BCUT2D eigenvalue weighted by molar-refractivity contribution is 5.84. The largest absolute Gasteiger partial charge is 0.298 e. The van der Waals surface area contributed by atoms with Crippen molar-refractivity contribution in [2.45, 2.75) is 6.92 Å². The molecular weight excluding hydrogens is 216 g/mol. The number of pyridine rings is 1. The summed E-state index contributed by atoms with van der Waals surface area (Å²) in [6, 6.07) is 5.79. The molecule has 0 amide bonds. The second kappa shape index (κ2) is 3.55. The Morgan fingerprint density at radius 2 is 2.29 bits per heavy atom. The summed E-state index contributed by atoms with van der Waals surface area (Å²) in [7, 11) is 0. The van der Waals surface area contributed by atoms with E-state index in [4.69, 9.17) is 0 Å². The molecule has 0 aliphatic rings. The molecule has 0 atom stereocenters. The van der Waals surface area contributed by atoms with Gasteiger partial charge in [-0.2, -0.15) is 5.10 Å². The third-order valence-electron chi connectivity index (χ3n) is 2.77. The molecule has 3 heterocycles. The van der Waals surface area contributed by atoms with Crippen LogP contribution in [0.5, 0.6) is 0 Å². The molecule has 0 fully saturated rings. The molecule has 17 heavy (non-hydrogen) atoms. The minimum absolute atomic E-state index is 0.563. The number of aromatic amines is 1. The van der Waals surface area contributed by atoms with Gasteiger partial charge in [0.25, 0.3) is 0 Å². The Morgan fingerprint density at radius 1 is 1.41 bits per heavy atom. The number of fused-ring (bicyclic) bond motifs is 1. The summed E-state index contributed by atoms with van der Waals surface area (Å²) in [6.45, 7) is 1.82. The van der Waals surface area contributed by atoms with Crippen molar-refractivity contribution in [2.75, 3.05) is 0 Å². The first-order valence-electron chi connectivity index (χ1n) is 5.24. The van der Waals surface area contributed by atoms with Gasteiger partial charge in [-0.05, 0) is 25.1 Å². The van der Waals surface area contributed by atoms with Crippen LogP contribution in [0.4, 0.5) is 0 Å². The van der Waals surface area contributed by atoms with Gasteiger partial charge in [0.2, 0.25) is 0 Å². The number of aryl methyl sites for hydroxylation is 1. The lowest BCUT2D eigenvalue weighted by Gasteiger charge is -2.00. The van der Waals surface area contributed by atoms with Gasteiger partial charge in [0, 0.05) is 23.5 Å². The smallest absolute Gasteiger partial charge is 0.170 e. The molecule has 0 aliphatic heterocycles. The highest BCUT2D eigenvalue weighted by atomic mass is 16.1. The maximum Gasteiger partial charge on any atom is 0.170 e. The van der Waals surface area contributed by atoms with E-state index in [2.05, 4.69) is 15.2 Å². The van der Waals surface area contributed by atoms with E-state index in [1.54, 1.807) is 6.20 Å². The Bertz CT molecular complexity index is 695. The third kappa shape index (κ3) is 1.36. The van der Waals surface area contributed by atoms with Crippen molar-refractivity contribution in [3.63, 3.8) is 0 Å². The Morgan fingerprint density at radius 3 is 3.12 bits per heavy atom. The lowest BCUT2D eigenvalue weighted by atomic mass is 10.2. The minimum Gasteiger partial charge on any atom is -0.298 e. The van der Waals surface area contributed by atoms with Gasteiger partial charge in [0.05, 0.1) is 5.56 Å². The summed E-state index contributed by atoms with van der Waals surface area (Å²) in [5.41, 5.74) is 2.11. The Kier molecular flexibility index (Phi) is 2.04. The van der Waals surface area contributed by atoms with Crippen LogP contribution in [0.3, 0.4) is 0 Å². The first-order valence-corrected chi connectivity index (χ1v) is 5.24.